The van der Waals surface area contributed by atoms with Crippen LogP contribution < -0.4 is 44.1 Å². The average Bonchev–Trinajstić information content (AvgIpc) is 3.93. The number of anilines is 2. The maximum atomic E-state index is 7.68. The number of benzene rings is 4. The van der Waals surface area contributed by atoms with E-state index in [0.29, 0.717) is 49.0 Å². The number of piperidine rings is 2. The number of hydrogen-bond donors (Lipinski definition) is 0. The van der Waals surface area contributed by atoms with Gasteiger partial charge < -0.3 is 62.5 Å². The van der Waals surface area contributed by atoms with Crippen LogP contribution in [0.3, 0.4) is 0 Å². The van der Waals surface area contributed by atoms with Crippen molar-refractivity contribution in [3.63, 3.8) is 0 Å². The number of nitrogens with zero attached hydrogens (tertiary/aromatic N) is 4. The second-order valence-corrected chi connectivity index (χ2v) is 21.4. The Morgan fingerprint density at radius 3 is 1.42 bits per heavy atom. The van der Waals surface area contributed by atoms with Gasteiger partial charge in [-0.2, -0.15) is 0 Å². The molecule has 0 N–H and O–H groups in total. The Balaban J connectivity index is 0.00000206. The molecule has 2 saturated carbocycles. The highest BCUT2D eigenvalue weighted by Crippen LogP contribution is 2.73. The van der Waals surface area contributed by atoms with Crippen molar-refractivity contribution in [2.24, 2.45) is 23.7 Å². The summed E-state index contributed by atoms with van der Waals surface area (Å²) in [6.07, 6.45) is 9.99. The van der Waals surface area contributed by atoms with Crippen molar-refractivity contribution >= 4 is 11.4 Å². The van der Waals surface area contributed by atoms with Gasteiger partial charge in [0.2, 0.25) is 0 Å². The molecule has 11 aliphatic rings. The van der Waals surface area contributed by atoms with Crippen LogP contribution in [0.2, 0.25) is 0 Å². The monoisotopic (exact) mass is 896 g/mol. The number of ether oxygens (including phenoxy) is 4. The lowest BCUT2D eigenvalue weighted by molar-refractivity contribution is -0.955. The van der Waals surface area contributed by atoms with E-state index in [1.807, 2.05) is 0 Å². The quantitative estimate of drug-likeness (QED) is 0.218. The number of hydrogen-bond acceptors (Lipinski definition) is 6. The van der Waals surface area contributed by atoms with Crippen molar-refractivity contribution in [3.05, 3.63) is 143 Å². The second-order valence-electron chi connectivity index (χ2n) is 21.4. The predicted octanol–water partition coefficient (Wildman–Crippen LogP) is 1.72. The zero-order valence-electron chi connectivity index (χ0n) is 36.8. The molecule has 0 radical (unpaired) electrons. The van der Waals surface area contributed by atoms with E-state index in [0.717, 1.165) is 46.6 Å². The molecule has 8 nitrogen and oxygen atoms in total. The molecule has 7 fully saturated rings. The standard InChI is InChI=1S/C54H58N4O4.2ClH/c1-59-37-15-11-33(12-16-37)29-57-23-21-53-41-7-3-5-9-43(41)55-49(53)47-39(27-45(53)57)35(31-57)19-25-61-51(47)56-44-10-6-4-8-42(44)54-22-24-58(30-34-13-17-38(60-2)18-14-34)32-36-20-26-62-52(55)48(50(54)56)40(36)28-46(54)58;;/h3-20,39-40,45-52H,21-32H2,1-2H3;2*1H/q+2;;/p-2/t39-,40-,45-,46-,47+,48+,49-,50-,51+,52+,53+,54+,57?,58?;;/m0../s1. The van der Waals surface area contributed by atoms with Gasteiger partial charge >= 0.3 is 0 Å². The predicted molar refractivity (Wildman–Crippen MR) is 238 cm³/mol. The van der Waals surface area contributed by atoms with E-state index < -0.39 is 0 Å². The maximum Gasteiger partial charge on any atom is 0.136 e. The van der Waals surface area contributed by atoms with Gasteiger partial charge in [0.1, 0.15) is 62.2 Å². The molecule has 0 aromatic heterocycles. The van der Waals surface area contributed by atoms with Crippen molar-refractivity contribution in [1.82, 2.24) is 0 Å². The normalized spacial score (nSPS) is 41.1. The lowest BCUT2D eigenvalue weighted by atomic mass is 9.52. The summed E-state index contributed by atoms with van der Waals surface area (Å²) in [7, 11) is 3.55. The Morgan fingerprint density at radius 1 is 0.578 bits per heavy atom. The fourth-order valence-corrected chi connectivity index (χ4v) is 18.0. The van der Waals surface area contributed by atoms with Crippen molar-refractivity contribution < 1.29 is 52.7 Å². The summed E-state index contributed by atoms with van der Waals surface area (Å²) in [6.45, 7) is 8.15. The summed E-state index contributed by atoms with van der Waals surface area (Å²) in [5.74, 6) is 3.45. The van der Waals surface area contributed by atoms with Crippen LogP contribution in [-0.2, 0) is 33.4 Å². The highest BCUT2D eigenvalue weighted by molar-refractivity contribution is 5.72. The first-order valence-electron chi connectivity index (χ1n) is 23.8. The molecule has 5 saturated heterocycles. The zero-order chi connectivity index (χ0) is 40.7. The summed E-state index contributed by atoms with van der Waals surface area (Å²) in [5.41, 5.74) is 12.3. The lowest BCUT2D eigenvalue weighted by Gasteiger charge is -2.65. The third-order valence-electron chi connectivity index (χ3n) is 19.8. The molecule has 4 bridgehead atoms. The fourth-order valence-electron chi connectivity index (χ4n) is 18.0. The van der Waals surface area contributed by atoms with E-state index in [-0.39, 0.29) is 60.2 Å². The van der Waals surface area contributed by atoms with Crippen LogP contribution in [0.25, 0.3) is 0 Å². The highest BCUT2D eigenvalue weighted by atomic mass is 35.5. The number of para-hydroxylation sites is 2. The van der Waals surface area contributed by atoms with Gasteiger partial charge in [0.05, 0.1) is 63.4 Å². The number of rotatable bonds is 6. The number of methoxy groups -OCH3 is 2. The molecule has 10 heteroatoms. The minimum Gasteiger partial charge on any atom is -1.00 e. The van der Waals surface area contributed by atoms with Crippen molar-refractivity contribution in [3.8, 4) is 11.5 Å². The third kappa shape index (κ3) is 4.71. The van der Waals surface area contributed by atoms with Crippen LogP contribution >= 0.6 is 0 Å². The molecule has 2 aliphatic carbocycles. The van der Waals surface area contributed by atoms with Gasteiger partial charge in [-0.25, -0.2) is 0 Å². The molecule has 2 unspecified atom stereocenters. The zero-order valence-corrected chi connectivity index (χ0v) is 38.3. The Labute approximate surface area is 389 Å². The highest BCUT2D eigenvalue weighted by Gasteiger charge is 2.81. The summed E-state index contributed by atoms with van der Waals surface area (Å²) in [4.78, 5) is 5.99. The second kappa shape index (κ2) is 13.8. The Bertz CT molecular complexity index is 2440. The molecule has 9 heterocycles. The molecule has 0 amide bonds. The Kier molecular flexibility index (Phi) is 8.67. The smallest absolute Gasteiger partial charge is 0.136 e. The first-order valence-corrected chi connectivity index (χ1v) is 23.8. The maximum absolute atomic E-state index is 7.68. The van der Waals surface area contributed by atoms with Gasteiger partial charge in [-0.15, -0.1) is 0 Å². The third-order valence-corrected chi connectivity index (χ3v) is 19.8. The van der Waals surface area contributed by atoms with Gasteiger partial charge in [0, 0.05) is 71.9 Å². The van der Waals surface area contributed by atoms with Crippen LogP contribution in [-0.4, -0.2) is 99.2 Å². The van der Waals surface area contributed by atoms with Crippen LogP contribution in [0.4, 0.5) is 11.4 Å². The van der Waals surface area contributed by atoms with E-state index in [4.69, 9.17) is 18.9 Å². The minimum absolute atomic E-state index is 0. The molecule has 4 aromatic rings. The Morgan fingerprint density at radius 2 is 1.00 bits per heavy atom. The molecular weight excluding hydrogens is 840 g/mol. The topological polar surface area (TPSA) is 43.4 Å². The van der Waals surface area contributed by atoms with Gasteiger partial charge in [-0.3, -0.25) is 0 Å². The van der Waals surface area contributed by atoms with Crippen LogP contribution in [0.15, 0.2) is 120 Å². The van der Waals surface area contributed by atoms with Crippen molar-refractivity contribution in [1.29, 1.82) is 0 Å². The van der Waals surface area contributed by atoms with Crippen LogP contribution in [0.1, 0.15) is 47.9 Å². The van der Waals surface area contributed by atoms with Crippen molar-refractivity contribution in [2.45, 2.75) is 86.2 Å². The van der Waals surface area contributed by atoms with E-state index in [9.17, 15) is 0 Å². The summed E-state index contributed by atoms with van der Waals surface area (Å²) < 4.78 is 28.9. The number of fused-ring (bicyclic) bond motifs is 6. The lowest BCUT2D eigenvalue weighted by Crippen LogP contribution is -3.00. The molecule has 15 rings (SSSR count). The van der Waals surface area contributed by atoms with Gasteiger partial charge in [0.15, 0.2) is 0 Å². The molecular formula is C54H58Cl2N4O4. The van der Waals surface area contributed by atoms with Crippen LogP contribution in [0, 0.1) is 23.7 Å². The van der Waals surface area contributed by atoms with E-state index in [1.165, 1.54) is 61.3 Å². The SMILES string of the molecule is COc1ccc(C[N+]23CC[C@@]45c6ccccc6N6[C@@H]7OCC=C8C[N+]9(Cc%10ccc(OC)cc%10)CC[C@]%10%11c%12ccccc%12N([C@@H]%12OCC=C(C2)[C@H](C[C@@H]43)[C@@H]%12[C@H]65)[C@H]%10[C@H]7[C@H]8C[C@@H]%119)cc1.[Cl-].[Cl-]. The molecule has 332 valence electrons. The molecule has 14 atom stereocenters. The molecule has 4 aromatic carbocycles. The van der Waals surface area contributed by atoms with Gasteiger partial charge in [0.25, 0.3) is 0 Å². The van der Waals surface area contributed by atoms with E-state index >= 15 is 0 Å². The van der Waals surface area contributed by atoms with Crippen molar-refractivity contribution in [2.75, 3.05) is 63.4 Å². The van der Waals surface area contributed by atoms with E-state index in [1.54, 1.807) is 36.5 Å². The number of halogens is 2. The summed E-state index contributed by atoms with van der Waals surface area (Å²) in [5, 5.41) is 0. The fraction of sp³-hybridized carbons (Fsp3) is 0.481. The summed E-state index contributed by atoms with van der Waals surface area (Å²) in [6, 6.07) is 39.1. The largest absolute Gasteiger partial charge is 1.00 e. The average molecular weight is 898 g/mol. The molecule has 2 spiro atoms. The van der Waals surface area contributed by atoms with E-state index in [2.05, 4.69) is 119 Å². The first kappa shape index (κ1) is 40.3. The summed E-state index contributed by atoms with van der Waals surface area (Å²) >= 11 is 0. The molecule has 64 heavy (non-hydrogen) atoms. The van der Waals surface area contributed by atoms with Crippen LogP contribution in [0.5, 0.6) is 11.5 Å². The molecule has 9 aliphatic heterocycles. The van der Waals surface area contributed by atoms with Gasteiger partial charge in [-0.1, -0.05) is 48.6 Å². The Hall–Kier alpha value is -4.02. The first-order chi connectivity index (χ1) is 30.5. The van der Waals surface area contributed by atoms with Gasteiger partial charge in [-0.05, 0) is 82.9 Å². The minimum atomic E-state index is -0.0133. The number of quaternary nitrogens is 2.